The van der Waals surface area contributed by atoms with Gasteiger partial charge in [0.25, 0.3) is 0 Å². The highest BCUT2D eigenvalue weighted by molar-refractivity contribution is 6.10. The molecule has 0 spiro atoms. The Morgan fingerprint density at radius 3 is 1.02 bits per heavy atom. The van der Waals surface area contributed by atoms with E-state index in [0.29, 0.717) is 0 Å². The number of unbranched alkanes of at least 4 members (excludes halogenated alkanes) is 6. The van der Waals surface area contributed by atoms with E-state index in [0.717, 1.165) is 0 Å². The van der Waals surface area contributed by atoms with Gasteiger partial charge in [0, 0.05) is 38.3 Å². The van der Waals surface area contributed by atoms with Crippen molar-refractivity contribution < 1.29 is 0 Å². The van der Waals surface area contributed by atoms with E-state index in [9.17, 15) is 0 Å². The molecular formula is C61H56N2. The molecule has 2 heteroatoms. The Kier molecular flexibility index (Phi) is 10.3. The molecule has 310 valence electrons. The summed E-state index contributed by atoms with van der Waals surface area (Å²) >= 11 is 0. The highest BCUT2D eigenvalue weighted by atomic mass is 15.0. The Balaban J connectivity index is 0.985. The fourth-order valence-corrected chi connectivity index (χ4v) is 11.2. The van der Waals surface area contributed by atoms with E-state index < -0.39 is 0 Å². The lowest BCUT2D eigenvalue weighted by Crippen LogP contribution is -2.25. The molecule has 2 nitrogen and oxygen atoms in total. The minimum Gasteiger partial charge on any atom is -0.309 e. The highest BCUT2D eigenvalue weighted by Gasteiger charge is 2.42. The summed E-state index contributed by atoms with van der Waals surface area (Å²) in [7, 11) is 0. The smallest absolute Gasteiger partial charge is 0.0541 e. The maximum Gasteiger partial charge on any atom is 0.0541 e. The largest absolute Gasteiger partial charge is 0.309 e. The van der Waals surface area contributed by atoms with Crippen LogP contribution in [0, 0.1) is 0 Å². The Hall–Kier alpha value is -6.64. The third-order valence-corrected chi connectivity index (χ3v) is 14.4. The van der Waals surface area contributed by atoms with Gasteiger partial charge in [0.1, 0.15) is 0 Å². The van der Waals surface area contributed by atoms with Crippen LogP contribution >= 0.6 is 0 Å². The maximum absolute atomic E-state index is 2.59. The molecule has 1 aliphatic carbocycles. The van der Waals surface area contributed by atoms with Crippen molar-refractivity contribution >= 4 is 43.6 Å². The normalized spacial score (nSPS) is 13.0. The molecule has 0 N–H and O–H groups in total. The Bertz CT molecular complexity index is 2920. The van der Waals surface area contributed by atoms with Gasteiger partial charge in [-0.2, -0.15) is 0 Å². The topological polar surface area (TPSA) is 9.86 Å². The van der Waals surface area contributed by atoms with Gasteiger partial charge >= 0.3 is 0 Å². The quantitative estimate of drug-likeness (QED) is 0.0968. The van der Waals surface area contributed by atoms with Crippen molar-refractivity contribution in [3.63, 3.8) is 0 Å². The summed E-state index contributed by atoms with van der Waals surface area (Å²) in [4.78, 5) is 0. The van der Waals surface area contributed by atoms with E-state index >= 15 is 0 Å². The zero-order valence-electron chi connectivity index (χ0n) is 36.8. The van der Waals surface area contributed by atoms with Crippen LogP contribution < -0.4 is 0 Å². The van der Waals surface area contributed by atoms with Crippen LogP contribution in [0.5, 0.6) is 0 Å². The van der Waals surface area contributed by atoms with Gasteiger partial charge in [0.2, 0.25) is 0 Å². The van der Waals surface area contributed by atoms with E-state index in [4.69, 9.17) is 0 Å². The summed E-state index contributed by atoms with van der Waals surface area (Å²) in [5.41, 5.74) is 18.4. The Labute approximate surface area is 372 Å². The first-order valence-corrected chi connectivity index (χ1v) is 23.6. The monoisotopic (exact) mass is 816 g/mol. The molecule has 0 saturated heterocycles. The van der Waals surface area contributed by atoms with Crippen molar-refractivity contribution in [2.24, 2.45) is 0 Å². The summed E-state index contributed by atoms with van der Waals surface area (Å²) in [6, 6.07) is 68.6. The molecule has 0 bridgehead atoms. The lowest BCUT2D eigenvalue weighted by Gasteiger charge is -2.33. The minimum atomic E-state index is -0.0238. The number of aromatic nitrogens is 2. The summed E-state index contributed by atoms with van der Waals surface area (Å²) in [5.74, 6) is 0. The average molecular weight is 817 g/mol. The molecule has 2 heterocycles. The Morgan fingerprint density at radius 2 is 0.667 bits per heavy atom. The second-order valence-electron chi connectivity index (χ2n) is 18.1. The fourth-order valence-electron chi connectivity index (χ4n) is 11.2. The molecule has 63 heavy (non-hydrogen) atoms. The zero-order chi connectivity index (χ0) is 42.3. The van der Waals surface area contributed by atoms with Crippen LogP contribution in [0.2, 0.25) is 0 Å². The molecule has 2 aromatic heterocycles. The molecule has 8 aromatic carbocycles. The summed E-state index contributed by atoms with van der Waals surface area (Å²) in [5, 5.41) is 5.18. The molecule has 0 fully saturated rings. The molecule has 0 radical (unpaired) electrons. The van der Waals surface area contributed by atoms with Crippen LogP contribution in [0.1, 0.15) is 89.2 Å². The van der Waals surface area contributed by atoms with Gasteiger partial charge in [-0.1, -0.05) is 187 Å². The molecule has 0 amide bonds. The van der Waals surface area contributed by atoms with Crippen LogP contribution in [-0.2, 0) is 5.41 Å². The van der Waals surface area contributed by atoms with Gasteiger partial charge in [0.15, 0.2) is 0 Å². The van der Waals surface area contributed by atoms with Crippen LogP contribution in [-0.4, -0.2) is 9.13 Å². The van der Waals surface area contributed by atoms with Gasteiger partial charge < -0.3 is 9.13 Å². The minimum absolute atomic E-state index is 0.0238. The number of nitrogens with zero attached hydrogens (tertiary/aromatic N) is 2. The molecule has 0 unspecified atom stereocenters. The van der Waals surface area contributed by atoms with Gasteiger partial charge in [-0.05, 0) is 118 Å². The highest BCUT2D eigenvalue weighted by Crippen LogP contribution is 2.56. The number of hydrogen-bond donors (Lipinski definition) is 0. The standard InChI is InChI=1S/C61H56N2/c1-3-5-7-17-39-61(40-18-8-6-4-2)55-41-45(43-27-33-47(34-28-43)62-57-23-13-9-19-51(57)52-20-10-14-24-58(52)62)31-37-49(55)50-38-32-46(42-56(50)61)44-29-35-48(36-30-44)63-59-25-15-11-21-53(59)54-22-12-16-26-60(54)63/h9-16,19-38,41-42H,3-8,17-18,39-40H2,1-2H3. The van der Waals surface area contributed by atoms with Gasteiger partial charge in [-0.25, -0.2) is 0 Å². The average Bonchev–Trinajstić information content (AvgIpc) is 3.96. The van der Waals surface area contributed by atoms with Crippen LogP contribution in [0.4, 0.5) is 0 Å². The SMILES string of the molecule is CCCCCCC1(CCCCCC)c2cc(-c3ccc(-n4c5ccccc5c5ccccc54)cc3)ccc2-c2ccc(-c3ccc(-n4c5ccccc5c5ccccc54)cc3)cc21. The second-order valence-corrected chi connectivity index (χ2v) is 18.1. The number of rotatable bonds is 14. The van der Waals surface area contributed by atoms with Gasteiger partial charge in [0.05, 0.1) is 22.1 Å². The second kappa shape index (κ2) is 16.6. The number of fused-ring (bicyclic) bond motifs is 9. The predicted molar refractivity (Wildman–Crippen MR) is 270 cm³/mol. The van der Waals surface area contributed by atoms with Crippen LogP contribution in [0.25, 0.3) is 88.4 Å². The van der Waals surface area contributed by atoms with Crippen LogP contribution in [0.3, 0.4) is 0 Å². The van der Waals surface area contributed by atoms with E-state index in [-0.39, 0.29) is 5.41 Å². The summed E-state index contributed by atoms with van der Waals surface area (Å²) in [6.45, 7) is 4.66. The van der Waals surface area contributed by atoms with Crippen molar-refractivity contribution in [3.05, 3.63) is 193 Å². The molecule has 11 rings (SSSR count). The van der Waals surface area contributed by atoms with Gasteiger partial charge in [-0.3, -0.25) is 0 Å². The van der Waals surface area contributed by atoms with Crippen LogP contribution in [0.15, 0.2) is 182 Å². The predicted octanol–water partition coefficient (Wildman–Crippen LogP) is 17.4. The van der Waals surface area contributed by atoms with Crippen molar-refractivity contribution in [1.82, 2.24) is 9.13 Å². The van der Waals surface area contributed by atoms with Crippen molar-refractivity contribution in [2.45, 2.75) is 83.5 Å². The summed E-state index contributed by atoms with van der Waals surface area (Å²) < 4.78 is 4.84. The molecule has 0 aliphatic heterocycles. The maximum atomic E-state index is 2.59. The van der Waals surface area contributed by atoms with Crippen molar-refractivity contribution in [1.29, 1.82) is 0 Å². The van der Waals surface area contributed by atoms with E-state index in [1.54, 1.807) is 0 Å². The van der Waals surface area contributed by atoms with Crippen molar-refractivity contribution in [3.8, 4) is 44.8 Å². The first-order valence-electron chi connectivity index (χ1n) is 23.6. The molecule has 10 aromatic rings. The Morgan fingerprint density at radius 1 is 0.333 bits per heavy atom. The number of para-hydroxylation sites is 4. The lowest BCUT2D eigenvalue weighted by atomic mass is 9.70. The van der Waals surface area contributed by atoms with E-state index in [1.165, 1.54) is 164 Å². The first-order chi connectivity index (χ1) is 31.2. The number of benzene rings is 8. The molecule has 0 saturated carbocycles. The molecule has 0 atom stereocenters. The number of hydrogen-bond acceptors (Lipinski definition) is 0. The molecular weight excluding hydrogens is 761 g/mol. The van der Waals surface area contributed by atoms with Crippen molar-refractivity contribution in [2.75, 3.05) is 0 Å². The lowest BCUT2D eigenvalue weighted by molar-refractivity contribution is 0.401. The van der Waals surface area contributed by atoms with E-state index in [2.05, 4.69) is 205 Å². The van der Waals surface area contributed by atoms with E-state index in [1.807, 2.05) is 0 Å². The fraction of sp³-hybridized carbons (Fsp3) is 0.213. The third kappa shape index (κ3) is 6.70. The first kappa shape index (κ1) is 39.2. The third-order valence-electron chi connectivity index (χ3n) is 14.4. The van der Waals surface area contributed by atoms with Gasteiger partial charge in [-0.15, -0.1) is 0 Å². The summed E-state index contributed by atoms with van der Waals surface area (Å²) in [6.07, 6.45) is 12.5. The zero-order valence-corrected chi connectivity index (χ0v) is 36.8. The molecule has 1 aliphatic rings.